The van der Waals surface area contributed by atoms with Crippen molar-refractivity contribution in [3.63, 3.8) is 0 Å². The number of carbonyl (C=O) groups excluding carboxylic acids is 2. The van der Waals surface area contributed by atoms with E-state index in [4.69, 9.17) is 21.1 Å². The average Bonchev–Trinajstić information content (AvgIpc) is 2.91. The van der Waals surface area contributed by atoms with Crippen molar-refractivity contribution >= 4 is 34.8 Å². The van der Waals surface area contributed by atoms with Gasteiger partial charge in [0.05, 0.1) is 31.2 Å². The lowest BCUT2D eigenvalue weighted by molar-refractivity contribution is -0.137. The van der Waals surface area contributed by atoms with Crippen molar-refractivity contribution < 1.29 is 32.2 Å². The van der Waals surface area contributed by atoms with Crippen LogP contribution in [0, 0.1) is 0 Å². The van der Waals surface area contributed by atoms with Gasteiger partial charge in [0.1, 0.15) is 22.2 Å². The molecule has 1 aliphatic heterocycles. The fourth-order valence-corrected chi connectivity index (χ4v) is 2.92. The van der Waals surface area contributed by atoms with Crippen LogP contribution in [-0.4, -0.2) is 26.0 Å². The van der Waals surface area contributed by atoms with Gasteiger partial charge in [0.15, 0.2) is 0 Å². The predicted octanol–water partition coefficient (Wildman–Crippen LogP) is 4.16. The maximum Gasteiger partial charge on any atom is 0.416 e. The number of hydrogen-bond acceptors (Lipinski definition) is 5. The lowest BCUT2D eigenvalue weighted by Gasteiger charge is -2.17. The quantitative estimate of drug-likeness (QED) is 0.727. The van der Waals surface area contributed by atoms with Gasteiger partial charge in [-0.3, -0.25) is 9.59 Å². The van der Waals surface area contributed by atoms with E-state index in [1.807, 2.05) is 0 Å². The number of rotatable bonds is 5. The third kappa shape index (κ3) is 3.86. The summed E-state index contributed by atoms with van der Waals surface area (Å²) in [6.45, 7) is 0. The van der Waals surface area contributed by atoms with E-state index < -0.39 is 28.6 Å². The Kier molecular flexibility index (Phi) is 5.43. The zero-order chi connectivity index (χ0) is 21.3. The molecule has 0 aliphatic carbocycles. The lowest BCUT2D eigenvalue weighted by atomic mass is 10.2. The number of methoxy groups -OCH3 is 2. The van der Waals surface area contributed by atoms with E-state index in [2.05, 4.69) is 5.32 Å². The van der Waals surface area contributed by atoms with E-state index in [1.54, 1.807) is 18.2 Å². The Morgan fingerprint density at radius 3 is 2.34 bits per heavy atom. The van der Waals surface area contributed by atoms with Crippen molar-refractivity contribution in [1.82, 2.24) is 0 Å². The first-order chi connectivity index (χ1) is 13.7. The van der Waals surface area contributed by atoms with Crippen LogP contribution in [0.15, 0.2) is 53.2 Å². The molecule has 3 rings (SSSR count). The number of nitrogens with one attached hydrogen (secondary N) is 1. The smallest absolute Gasteiger partial charge is 0.416 e. The molecule has 0 aromatic heterocycles. The first-order valence-corrected chi connectivity index (χ1v) is 8.50. The first kappa shape index (κ1) is 20.5. The number of hydrogen-bond donors (Lipinski definition) is 1. The van der Waals surface area contributed by atoms with Crippen LogP contribution in [0.5, 0.6) is 11.5 Å². The standard InChI is InChI=1S/C19H14ClF3N2O4/c1-28-12-6-7-13(14(9-12)29-2)24-16-15(20)17(26)25(18(16)27)11-5-3-4-10(8-11)19(21,22)23/h3-9,24H,1-2H3. The molecular weight excluding hydrogens is 413 g/mol. The molecule has 29 heavy (non-hydrogen) atoms. The number of halogens is 4. The second kappa shape index (κ2) is 7.67. The van der Waals surface area contributed by atoms with Crippen molar-refractivity contribution in [3.05, 3.63) is 58.8 Å². The van der Waals surface area contributed by atoms with Gasteiger partial charge in [-0.05, 0) is 30.3 Å². The normalized spacial score (nSPS) is 14.5. The Hall–Kier alpha value is -3.20. The van der Waals surface area contributed by atoms with Crippen LogP contribution in [0.2, 0.25) is 0 Å². The Morgan fingerprint density at radius 2 is 1.72 bits per heavy atom. The van der Waals surface area contributed by atoms with E-state index in [9.17, 15) is 22.8 Å². The molecule has 0 saturated carbocycles. The molecule has 2 aromatic rings. The molecule has 2 aromatic carbocycles. The molecule has 6 nitrogen and oxygen atoms in total. The number of ether oxygens (including phenoxy) is 2. The molecule has 0 bridgehead atoms. The van der Waals surface area contributed by atoms with Gasteiger partial charge >= 0.3 is 6.18 Å². The monoisotopic (exact) mass is 426 g/mol. The summed E-state index contributed by atoms with van der Waals surface area (Å²) in [4.78, 5) is 25.8. The van der Waals surface area contributed by atoms with Gasteiger partial charge in [-0.25, -0.2) is 4.90 Å². The molecule has 0 atom stereocenters. The van der Waals surface area contributed by atoms with Gasteiger partial charge in [-0.15, -0.1) is 0 Å². The summed E-state index contributed by atoms with van der Waals surface area (Å²) < 4.78 is 49.2. The summed E-state index contributed by atoms with van der Waals surface area (Å²) in [5, 5.41) is 2.27. The number of alkyl halides is 3. The van der Waals surface area contributed by atoms with Crippen molar-refractivity contribution in [2.45, 2.75) is 6.18 Å². The van der Waals surface area contributed by atoms with Crippen molar-refractivity contribution in [2.24, 2.45) is 0 Å². The second-order valence-electron chi connectivity index (χ2n) is 5.87. The number of benzene rings is 2. The molecule has 0 spiro atoms. The van der Waals surface area contributed by atoms with Gasteiger partial charge in [-0.2, -0.15) is 13.2 Å². The van der Waals surface area contributed by atoms with Crippen LogP contribution in [0.25, 0.3) is 0 Å². The lowest BCUT2D eigenvalue weighted by Crippen LogP contribution is -2.32. The van der Waals surface area contributed by atoms with Gasteiger partial charge in [0.2, 0.25) is 0 Å². The van der Waals surface area contributed by atoms with E-state index in [0.29, 0.717) is 28.2 Å². The SMILES string of the molecule is COc1ccc(NC2=C(Cl)C(=O)N(c3cccc(C(F)(F)F)c3)C2=O)c(OC)c1. The van der Waals surface area contributed by atoms with Crippen molar-refractivity contribution in [1.29, 1.82) is 0 Å². The van der Waals surface area contributed by atoms with E-state index in [0.717, 1.165) is 12.1 Å². The molecule has 0 fully saturated rings. The molecule has 1 heterocycles. The summed E-state index contributed by atoms with van der Waals surface area (Å²) in [7, 11) is 2.86. The Balaban J connectivity index is 1.94. The molecule has 10 heteroatoms. The molecule has 1 aliphatic rings. The largest absolute Gasteiger partial charge is 0.497 e. The zero-order valence-electron chi connectivity index (χ0n) is 15.1. The highest BCUT2D eigenvalue weighted by molar-refractivity contribution is 6.53. The van der Waals surface area contributed by atoms with E-state index in [1.165, 1.54) is 20.3 Å². The van der Waals surface area contributed by atoms with Crippen molar-refractivity contribution in [3.8, 4) is 11.5 Å². The number of anilines is 2. The predicted molar refractivity (Wildman–Crippen MR) is 100.0 cm³/mol. The van der Waals surface area contributed by atoms with Crippen LogP contribution in [0.1, 0.15) is 5.56 Å². The second-order valence-corrected chi connectivity index (χ2v) is 6.25. The van der Waals surface area contributed by atoms with Gasteiger partial charge in [0.25, 0.3) is 11.8 Å². The molecule has 2 amide bonds. The summed E-state index contributed by atoms with van der Waals surface area (Å²) in [5.41, 5.74) is -1.21. The first-order valence-electron chi connectivity index (χ1n) is 8.12. The highest BCUT2D eigenvalue weighted by Crippen LogP contribution is 2.36. The maximum absolute atomic E-state index is 13.0. The summed E-state index contributed by atoms with van der Waals surface area (Å²) >= 11 is 6.02. The van der Waals surface area contributed by atoms with Crippen molar-refractivity contribution in [2.75, 3.05) is 24.4 Å². The Morgan fingerprint density at radius 1 is 1.00 bits per heavy atom. The molecular formula is C19H14ClF3N2O4. The number of amides is 2. The fourth-order valence-electron chi connectivity index (χ4n) is 2.70. The highest BCUT2D eigenvalue weighted by Gasteiger charge is 2.40. The Bertz CT molecular complexity index is 1020. The maximum atomic E-state index is 13.0. The van der Waals surface area contributed by atoms with Crippen LogP contribution in [0.4, 0.5) is 24.5 Å². The van der Waals surface area contributed by atoms with Gasteiger partial charge < -0.3 is 14.8 Å². The molecule has 0 radical (unpaired) electrons. The molecule has 1 N–H and O–H groups in total. The summed E-state index contributed by atoms with van der Waals surface area (Å²) in [6, 6.07) is 8.53. The fraction of sp³-hybridized carbons (Fsp3) is 0.158. The Labute approximate surface area is 168 Å². The molecule has 152 valence electrons. The van der Waals surface area contributed by atoms with Crippen LogP contribution >= 0.6 is 11.6 Å². The molecule has 0 saturated heterocycles. The van der Waals surface area contributed by atoms with Crippen LogP contribution in [0.3, 0.4) is 0 Å². The number of carbonyl (C=O) groups is 2. The molecule has 0 unspecified atom stereocenters. The number of imide groups is 1. The van der Waals surface area contributed by atoms with Crippen LogP contribution < -0.4 is 19.7 Å². The highest BCUT2D eigenvalue weighted by atomic mass is 35.5. The minimum absolute atomic E-state index is 0.244. The summed E-state index contributed by atoms with van der Waals surface area (Å²) in [6.07, 6.45) is -4.63. The zero-order valence-corrected chi connectivity index (χ0v) is 15.9. The minimum Gasteiger partial charge on any atom is -0.497 e. The minimum atomic E-state index is -4.63. The average molecular weight is 427 g/mol. The van der Waals surface area contributed by atoms with Gasteiger partial charge in [-0.1, -0.05) is 17.7 Å². The third-order valence-corrected chi connectivity index (χ3v) is 4.48. The summed E-state index contributed by atoms with van der Waals surface area (Å²) in [5.74, 6) is -1.03. The third-order valence-electron chi connectivity index (χ3n) is 4.13. The number of nitrogens with zero attached hydrogens (tertiary/aromatic N) is 1. The topological polar surface area (TPSA) is 67.9 Å². The van der Waals surface area contributed by atoms with Gasteiger partial charge in [0, 0.05) is 6.07 Å². The van der Waals surface area contributed by atoms with Crippen LogP contribution in [-0.2, 0) is 15.8 Å². The van der Waals surface area contributed by atoms with E-state index in [-0.39, 0.29) is 11.4 Å². The van der Waals surface area contributed by atoms with E-state index >= 15 is 0 Å².